The maximum absolute atomic E-state index is 6.25. The van der Waals surface area contributed by atoms with Crippen LogP contribution in [0, 0.1) is 0 Å². The lowest BCUT2D eigenvalue weighted by Gasteiger charge is -2.40. The Morgan fingerprint density at radius 1 is 0.553 bits per heavy atom. The minimum atomic E-state index is -0.442. The van der Waals surface area contributed by atoms with Crippen LogP contribution >= 0.6 is 0 Å². The van der Waals surface area contributed by atoms with E-state index in [1.807, 2.05) is 66.7 Å². The van der Waals surface area contributed by atoms with Crippen molar-refractivity contribution in [3.05, 3.63) is 121 Å². The molecule has 0 saturated carbocycles. The second-order valence-electron chi connectivity index (χ2n) is 13.2. The topological polar surface area (TPSA) is 72.9 Å². The van der Waals surface area contributed by atoms with Gasteiger partial charge in [-0.3, -0.25) is 4.90 Å². The van der Waals surface area contributed by atoms with Crippen molar-refractivity contribution in [2.75, 3.05) is 4.90 Å². The van der Waals surface area contributed by atoms with E-state index >= 15 is 0 Å². The van der Waals surface area contributed by atoms with E-state index in [4.69, 9.17) is 24.4 Å². The molecule has 0 unspecified atom stereocenters. The Labute approximate surface area is 272 Å². The van der Waals surface area contributed by atoms with Gasteiger partial charge in [0, 0.05) is 21.9 Å². The summed E-state index contributed by atoms with van der Waals surface area (Å²) in [5.74, 6) is 2.54. The Kier molecular flexibility index (Phi) is 5.75. The monoisotopic (exact) mass is 612 g/mol. The number of benzene rings is 5. The van der Waals surface area contributed by atoms with Crippen molar-refractivity contribution in [3.63, 3.8) is 0 Å². The lowest BCUT2D eigenvalue weighted by Crippen LogP contribution is -2.51. The summed E-state index contributed by atoms with van der Waals surface area (Å²) in [6.07, 6.45) is 0. The van der Waals surface area contributed by atoms with Crippen molar-refractivity contribution in [2.24, 2.45) is 0 Å². The molecule has 9 rings (SSSR count). The summed E-state index contributed by atoms with van der Waals surface area (Å²) in [6, 6.07) is 41.2. The van der Waals surface area contributed by atoms with Crippen molar-refractivity contribution < 1.29 is 4.42 Å². The molecule has 0 fully saturated rings. The predicted octanol–water partition coefficient (Wildman–Crippen LogP) is 9.79. The molecule has 0 spiro atoms. The molecule has 0 bridgehead atoms. The van der Waals surface area contributed by atoms with Gasteiger partial charge in [0.15, 0.2) is 11.6 Å². The van der Waals surface area contributed by atoms with Crippen LogP contribution in [-0.2, 0) is 5.54 Å². The number of aromatic nitrogens is 5. The van der Waals surface area contributed by atoms with Gasteiger partial charge < -0.3 is 8.98 Å². The van der Waals surface area contributed by atoms with Crippen molar-refractivity contribution in [1.82, 2.24) is 24.5 Å². The van der Waals surface area contributed by atoms with Gasteiger partial charge in [0.25, 0.3) is 0 Å². The molecule has 4 heterocycles. The first-order valence-electron chi connectivity index (χ1n) is 15.9. The number of nitrogens with zero attached hydrogens (tertiary/aromatic N) is 6. The highest BCUT2D eigenvalue weighted by atomic mass is 16.3. The Morgan fingerprint density at radius 2 is 1.23 bits per heavy atom. The van der Waals surface area contributed by atoms with Crippen LogP contribution in [0.2, 0.25) is 0 Å². The zero-order chi connectivity index (χ0) is 31.9. The summed E-state index contributed by atoms with van der Waals surface area (Å²) in [6.45, 7) is 9.01. The normalized spacial score (nSPS) is 15.1. The Morgan fingerprint density at radius 3 is 2.02 bits per heavy atom. The first-order valence-corrected chi connectivity index (χ1v) is 15.9. The van der Waals surface area contributed by atoms with Gasteiger partial charge in [0.05, 0.1) is 22.1 Å². The minimum absolute atomic E-state index is 0.355. The van der Waals surface area contributed by atoms with Crippen LogP contribution in [-0.4, -0.2) is 30.0 Å². The molecule has 3 aromatic heterocycles. The van der Waals surface area contributed by atoms with Crippen LogP contribution in [0.15, 0.2) is 126 Å². The maximum atomic E-state index is 6.25. The van der Waals surface area contributed by atoms with Gasteiger partial charge in [0.2, 0.25) is 11.9 Å². The standard InChI is InChI=1S/C40H32N6O/c1-39(2)40(3,4)46(38-41-30-24-27(22-23-31(30)45(38)39)25-14-7-5-8-15-25)37-43-35(26-16-9-6-10-17-26)42-36(44-37)29-19-13-21-33-34(29)28-18-11-12-20-32(28)47-33/h5-24H,1-4H3. The molecule has 0 amide bonds. The van der Waals surface area contributed by atoms with Crippen LogP contribution in [0.25, 0.3) is 66.9 Å². The number of hydrogen-bond donors (Lipinski definition) is 0. The summed E-state index contributed by atoms with van der Waals surface area (Å²) >= 11 is 0. The maximum Gasteiger partial charge on any atom is 0.237 e. The van der Waals surface area contributed by atoms with Gasteiger partial charge in [-0.05, 0) is 63.1 Å². The fraction of sp³-hybridized carbons (Fsp3) is 0.150. The SMILES string of the molecule is CC1(C)N(c2nc(-c3ccccc3)nc(-c3cccc4oc5ccccc5c34)n2)c2nc3cc(-c4ccccc4)ccc3n2C1(C)C. The number of anilines is 2. The molecule has 0 atom stereocenters. The average molecular weight is 613 g/mol. The van der Waals surface area contributed by atoms with E-state index < -0.39 is 5.54 Å². The lowest BCUT2D eigenvalue weighted by molar-refractivity contribution is 0.251. The van der Waals surface area contributed by atoms with Crippen molar-refractivity contribution >= 4 is 44.9 Å². The van der Waals surface area contributed by atoms with Gasteiger partial charge >= 0.3 is 0 Å². The fourth-order valence-electron chi connectivity index (χ4n) is 6.98. The number of furan rings is 1. The number of fused-ring (bicyclic) bond motifs is 6. The third-order valence-corrected chi connectivity index (χ3v) is 10.1. The summed E-state index contributed by atoms with van der Waals surface area (Å²) < 4.78 is 8.59. The van der Waals surface area contributed by atoms with E-state index in [1.165, 1.54) is 0 Å². The van der Waals surface area contributed by atoms with Crippen molar-refractivity contribution in [2.45, 2.75) is 38.8 Å². The number of rotatable bonds is 4. The van der Waals surface area contributed by atoms with Gasteiger partial charge in [-0.25, -0.2) is 9.97 Å². The van der Waals surface area contributed by atoms with Gasteiger partial charge in [0.1, 0.15) is 11.2 Å². The lowest BCUT2D eigenvalue weighted by atomic mass is 9.82. The first kappa shape index (κ1) is 27.5. The average Bonchev–Trinajstić information content (AvgIpc) is 3.71. The molecule has 8 aromatic rings. The largest absolute Gasteiger partial charge is 0.456 e. The van der Waals surface area contributed by atoms with Crippen LogP contribution in [0.1, 0.15) is 27.7 Å². The quantitative estimate of drug-likeness (QED) is 0.197. The molecule has 0 saturated heterocycles. The van der Waals surface area contributed by atoms with Gasteiger partial charge in [-0.15, -0.1) is 0 Å². The molecule has 7 nitrogen and oxygen atoms in total. The van der Waals surface area contributed by atoms with E-state index in [0.29, 0.717) is 17.6 Å². The molecule has 7 heteroatoms. The third-order valence-electron chi connectivity index (χ3n) is 10.1. The second kappa shape index (κ2) is 9.84. The highest BCUT2D eigenvalue weighted by Crippen LogP contribution is 2.51. The first-order chi connectivity index (χ1) is 22.8. The molecule has 0 radical (unpaired) electrons. The summed E-state index contributed by atoms with van der Waals surface area (Å²) in [5, 5.41) is 2.01. The molecular weight excluding hydrogens is 580 g/mol. The van der Waals surface area contributed by atoms with Crippen LogP contribution in [0.5, 0.6) is 0 Å². The van der Waals surface area contributed by atoms with E-state index in [9.17, 15) is 0 Å². The Bertz CT molecular complexity index is 2480. The van der Waals surface area contributed by atoms with Crippen molar-refractivity contribution in [1.29, 1.82) is 0 Å². The van der Waals surface area contributed by atoms with Gasteiger partial charge in [-0.1, -0.05) is 97.1 Å². The third kappa shape index (κ3) is 3.99. The van der Waals surface area contributed by atoms with Crippen LogP contribution in [0.4, 0.5) is 11.9 Å². The smallest absolute Gasteiger partial charge is 0.237 e. The zero-order valence-corrected chi connectivity index (χ0v) is 26.6. The number of hydrogen-bond acceptors (Lipinski definition) is 6. The van der Waals surface area contributed by atoms with E-state index in [2.05, 4.69) is 91.8 Å². The number of imidazole rings is 1. The highest BCUT2D eigenvalue weighted by Gasteiger charge is 2.54. The molecule has 0 aliphatic carbocycles. The second-order valence-corrected chi connectivity index (χ2v) is 13.2. The summed E-state index contributed by atoms with van der Waals surface area (Å²) in [5.41, 5.74) is 6.94. The van der Waals surface area contributed by atoms with Gasteiger partial charge in [-0.2, -0.15) is 9.97 Å². The Balaban J connectivity index is 1.29. The predicted molar refractivity (Wildman–Crippen MR) is 189 cm³/mol. The van der Waals surface area contributed by atoms with Crippen LogP contribution in [0.3, 0.4) is 0 Å². The molecule has 1 aliphatic rings. The molecular formula is C40H32N6O. The fourth-order valence-corrected chi connectivity index (χ4v) is 6.98. The molecule has 47 heavy (non-hydrogen) atoms. The summed E-state index contributed by atoms with van der Waals surface area (Å²) in [4.78, 5) is 23.0. The molecule has 228 valence electrons. The van der Waals surface area contributed by atoms with Crippen LogP contribution < -0.4 is 4.90 Å². The molecule has 5 aromatic carbocycles. The molecule has 0 N–H and O–H groups in total. The Hall–Kier alpha value is -5.82. The zero-order valence-electron chi connectivity index (χ0n) is 26.6. The minimum Gasteiger partial charge on any atom is -0.456 e. The number of para-hydroxylation sites is 1. The van der Waals surface area contributed by atoms with Crippen molar-refractivity contribution in [3.8, 4) is 33.9 Å². The van der Waals surface area contributed by atoms with E-state index in [-0.39, 0.29) is 5.54 Å². The summed E-state index contributed by atoms with van der Waals surface area (Å²) in [7, 11) is 0. The van der Waals surface area contributed by atoms with E-state index in [1.54, 1.807) is 0 Å². The molecule has 1 aliphatic heterocycles. The highest BCUT2D eigenvalue weighted by molar-refractivity contribution is 6.11. The van der Waals surface area contributed by atoms with E-state index in [0.717, 1.165) is 61.2 Å².